The van der Waals surface area contributed by atoms with Crippen LogP contribution in [0.5, 0.6) is 0 Å². The number of likely N-dealkylation sites (N-methyl/N-ethyl adjacent to an activating group) is 2. The number of esters is 1. The number of cyclic esters (lactones) is 1. The van der Waals surface area contributed by atoms with Crippen molar-refractivity contribution >= 4 is 35.4 Å². The summed E-state index contributed by atoms with van der Waals surface area (Å²) in [7, 11) is 5.54. The Morgan fingerprint density at radius 1 is 1.00 bits per heavy atom. The van der Waals surface area contributed by atoms with Gasteiger partial charge in [0.2, 0.25) is 0 Å². The Balaban J connectivity index is 1.78. The summed E-state index contributed by atoms with van der Waals surface area (Å²) in [6.45, 7) is 16.0. The smallest absolute Gasteiger partial charge is 0.411 e. The molecule has 0 aliphatic carbocycles. The summed E-state index contributed by atoms with van der Waals surface area (Å²) in [4.78, 5) is 45.6. The number of nitrogens with zero attached hydrogens (tertiary/aromatic N) is 2. The van der Waals surface area contributed by atoms with E-state index in [0.29, 0.717) is 29.2 Å². The highest BCUT2D eigenvalue weighted by atomic mass is 35.5. The van der Waals surface area contributed by atoms with Gasteiger partial charge in [-0.25, -0.2) is 9.59 Å². The van der Waals surface area contributed by atoms with Crippen LogP contribution in [0.15, 0.2) is 48.5 Å². The van der Waals surface area contributed by atoms with Crippen LogP contribution in [0.3, 0.4) is 0 Å². The Hall–Kier alpha value is -3.54. The summed E-state index contributed by atoms with van der Waals surface area (Å²) in [5.74, 6) is -3.20. The van der Waals surface area contributed by atoms with Gasteiger partial charge in [0.1, 0.15) is 23.9 Å². The molecule has 2 fully saturated rings. The van der Waals surface area contributed by atoms with E-state index in [1.165, 1.54) is 6.92 Å². The van der Waals surface area contributed by atoms with E-state index >= 15 is 0 Å². The molecule has 2 aliphatic rings. The first-order valence-electron chi connectivity index (χ1n) is 21.7. The first-order chi connectivity index (χ1) is 29.0. The predicted molar refractivity (Wildman–Crippen MR) is 237 cm³/mol. The van der Waals surface area contributed by atoms with Crippen LogP contribution in [0.25, 0.3) is 0 Å². The van der Waals surface area contributed by atoms with Gasteiger partial charge in [-0.2, -0.15) is 0 Å². The molecule has 0 spiro atoms. The lowest BCUT2D eigenvalue weighted by Gasteiger charge is -2.47. The van der Waals surface area contributed by atoms with Gasteiger partial charge in [-0.15, -0.1) is 0 Å². The molecule has 2 aromatic carbocycles. The maximum atomic E-state index is 14.5. The standard InChI is InChI=1S/C46H71ClN4O11/c1-13-36-46(9,57)40(62-43(54)48-24-32-18-14-15-20-34(32)47)31(7)51(12)25-27(3)23-45(8,56)39(61-42-37(52)35(50(10)11)22-28(4)58-42)29(5)38(30(6)41(53)59-36)60-44(55)49-33-19-16-17-26(2)21-33/h14-21,27-31,35-40,42,52,56-57H,13,22-25H2,1-12H3,(H,48,54)(H,49,55)/t27-,28-,29+,30-,31-,35+,36-,37-,38+,39-,40-,42+,45-,46-/m1/s1. The molecule has 15 nitrogen and oxygen atoms in total. The molecule has 348 valence electrons. The highest BCUT2D eigenvalue weighted by Crippen LogP contribution is 2.38. The van der Waals surface area contributed by atoms with Crippen molar-refractivity contribution in [1.82, 2.24) is 15.1 Å². The fourth-order valence-electron chi connectivity index (χ4n) is 9.10. The summed E-state index contributed by atoms with van der Waals surface area (Å²) in [5, 5.41) is 42.6. The third kappa shape index (κ3) is 13.0. The predicted octanol–water partition coefficient (Wildman–Crippen LogP) is 6.13. The quantitative estimate of drug-likeness (QED) is 0.143. The van der Waals surface area contributed by atoms with Gasteiger partial charge in [0.05, 0.1) is 23.7 Å². The zero-order valence-corrected chi connectivity index (χ0v) is 39.2. The van der Waals surface area contributed by atoms with Gasteiger partial charge in [0.25, 0.3) is 0 Å². The van der Waals surface area contributed by atoms with Gasteiger partial charge in [0.15, 0.2) is 12.4 Å². The third-order valence-corrected chi connectivity index (χ3v) is 12.9. The zero-order valence-electron chi connectivity index (χ0n) is 38.5. The van der Waals surface area contributed by atoms with Crippen molar-refractivity contribution in [3.8, 4) is 0 Å². The highest BCUT2D eigenvalue weighted by molar-refractivity contribution is 6.31. The number of alkyl carbamates (subject to hydrolysis) is 1. The van der Waals surface area contributed by atoms with Crippen LogP contribution >= 0.6 is 11.6 Å². The van der Waals surface area contributed by atoms with Crippen LogP contribution in [0.2, 0.25) is 5.02 Å². The van der Waals surface area contributed by atoms with Gasteiger partial charge in [0, 0.05) is 41.8 Å². The van der Waals surface area contributed by atoms with Gasteiger partial charge < -0.3 is 49.2 Å². The van der Waals surface area contributed by atoms with Gasteiger partial charge >= 0.3 is 18.2 Å². The molecule has 0 unspecified atom stereocenters. The fraction of sp³-hybridized carbons (Fsp3) is 0.674. The maximum Gasteiger partial charge on any atom is 0.411 e. The number of nitrogens with one attached hydrogen (secondary N) is 2. The number of carbonyl (C=O) groups is 3. The number of hydrogen-bond acceptors (Lipinski definition) is 13. The molecule has 4 rings (SSSR count). The zero-order chi connectivity index (χ0) is 46.3. The molecule has 5 N–H and O–H groups in total. The average Bonchev–Trinajstić information content (AvgIpc) is 3.19. The molecule has 2 aromatic rings. The van der Waals surface area contributed by atoms with Crippen molar-refractivity contribution in [2.75, 3.05) is 33.0 Å². The van der Waals surface area contributed by atoms with E-state index in [-0.39, 0.29) is 37.5 Å². The normalized spacial score (nSPS) is 35.5. The number of carbonyl (C=O) groups excluding carboxylic acids is 3. The first kappa shape index (κ1) is 51.1. The van der Waals surface area contributed by atoms with E-state index in [0.717, 1.165) is 5.56 Å². The van der Waals surface area contributed by atoms with Crippen LogP contribution in [0, 0.1) is 24.7 Å². The molecule has 0 saturated carbocycles. The monoisotopic (exact) mass is 890 g/mol. The fourth-order valence-corrected chi connectivity index (χ4v) is 9.30. The lowest BCUT2D eigenvalue weighted by molar-refractivity contribution is -0.299. The van der Waals surface area contributed by atoms with Crippen LogP contribution in [0.1, 0.15) is 85.8 Å². The minimum atomic E-state index is -1.95. The van der Waals surface area contributed by atoms with Crippen LogP contribution < -0.4 is 10.6 Å². The molecule has 14 atom stereocenters. The summed E-state index contributed by atoms with van der Waals surface area (Å²) < 4.78 is 31.2. The van der Waals surface area contributed by atoms with E-state index in [9.17, 15) is 29.7 Å². The van der Waals surface area contributed by atoms with Crippen molar-refractivity contribution in [2.24, 2.45) is 17.8 Å². The van der Waals surface area contributed by atoms with Crippen LogP contribution in [-0.4, -0.2) is 137 Å². The van der Waals surface area contributed by atoms with Crippen molar-refractivity contribution < 1.29 is 53.4 Å². The minimum Gasteiger partial charge on any atom is -0.459 e. The van der Waals surface area contributed by atoms with Gasteiger partial charge in [-0.3, -0.25) is 15.0 Å². The van der Waals surface area contributed by atoms with Gasteiger partial charge in [-0.05, 0) is 117 Å². The maximum absolute atomic E-state index is 14.5. The number of amides is 2. The number of benzene rings is 2. The second-order valence-electron chi connectivity index (χ2n) is 18.3. The molecule has 16 heteroatoms. The molecule has 0 radical (unpaired) electrons. The number of aliphatic hydroxyl groups excluding tert-OH is 1. The second-order valence-corrected chi connectivity index (χ2v) is 18.7. The largest absolute Gasteiger partial charge is 0.459 e. The summed E-state index contributed by atoms with van der Waals surface area (Å²) in [5.41, 5.74) is -1.59. The van der Waals surface area contributed by atoms with Crippen molar-refractivity contribution in [2.45, 2.75) is 154 Å². The number of aryl methyl sites for hydroxylation is 1. The number of hydrogen-bond donors (Lipinski definition) is 5. The Bertz CT molecular complexity index is 1800. The Morgan fingerprint density at radius 3 is 2.31 bits per heavy atom. The molecule has 62 heavy (non-hydrogen) atoms. The highest BCUT2D eigenvalue weighted by Gasteiger charge is 2.52. The Kier molecular flexibility index (Phi) is 18.0. The average molecular weight is 892 g/mol. The molecule has 2 aliphatic heterocycles. The van der Waals surface area contributed by atoms with E-state index in [1.54, 1.807) is 77.1 Å². The lowest BCUT2D eigenvalue weighted by Crippen LogP contribution is -2.61. The first-order valence-corrected chi connectivity index (χ1v) is 22.1. The number of ether oxygens (including phenoxy) is 5. The van der Waals surface area contributed by atoms with Crippen molar-refractivity contribution in [3.05, 3.63) is 64.7 Å². The third-order valence-electron chi connectivity index (χ3n) is 12.5. The van der Waals surface area contributed by atoms with Crippen molar-refractivity contribution in [3.63, 3.8) is 0 Å². The summed E-state index contributed by atoms with van der Waals surface area (Å²) in [6, 6.07) is 13.2. The lowest BCUT2D eigenvalue weighted by atomic mass is 9.77. The van der Waals surface area contributed by atoms with E-state index in [2.05, 4.69) is 10.6 Å². The Labute approximate surface area is 372 Å². The minimum absolute atomic E-state index is 0.0608. The number of halogens is 1. The topological polar surface area (TPSA) is 189 Å². The number of anilines is 1. The van der Waals surface area contributed by atoms with E-state index < -0.39 is 84.0 Å². The van der Waals surface area contributed by atoms with Gasteiger partial charge in [-0.1, -0.05) is 62.7 Å². The van der Waals surface area contributed by atoms with E-state index in [1.807, 2.05) is 57.8 Å². The molecule has 2 heterocycles. The second kappa shape index (κ2) is 21.9. The van der Waals surface area contributed by atoms with Crippen LogP contribution in [0.4, 0.5) is 15.3 Å². The SMILES string of the molecule is CC[C@H]1OC(=O)[C@H](C)[C@@H](OC(=O)Nc2cccc(C)c2)[C@H](C)[C@@H](O[C@@H]2O[C@H](C)C[C@H](N(C)C)[C@H]2O)[C@](C)(O)C[C@@H](C)CN(C)[C@H](C)[C@@H](OC(=O)NCc2ccccc2Cl)[C@]1(C)O. The van der Waals surface area contributed by atoms with E-state index in [4.69, 9.17) is 35.3 Å². The number of rotatable bonds is 9. The Morgan fingerprint density at radius 2 is 1.68 bits per heavy atom. The molecule has 0 bridgehead atoms. The number of aliphatic hydroxyl groups is 3. The summed E-state index contributed by atoms with van der Waals surface area (Å²) >= 11 is 6.34. The van der Waals surface area contributed by atoms with Crippen molar-refractivity contribution in [1.29, 1.82) is 0 Å². The van der Waals surface area contributed by atoms with Crippen LogP contribution in [-0.2, 0) is 35.0 Å². The molecular weight excluding hydrogens is 820 g/mol. The molecular formula is C46H71ClN4O11. The summed E-state index contributed by atoms with van der Waals surface area (Å²) in [6.07, 6.45) is -8.42. The molecule has 0 aromatic heterocycles. The molecule has 2 saturated heterocycles. The molecule has 2 amide bonds.